The van der Waals surface area contributed by atoms with Crippen LogP contribution in [0.15, 0.2) is 48.5 Å². The Hall–Kier alpha value is -2.84. The number of anilines is 2. The SMILES string of the molecule is CC[NH+](Cc1ccc(N(C)C)cc1)[C@H](C)C(=O)Nc1ccccc1C#N. The number of hydrogen-bond donors (Lipinski definition) is 2. The van der Waals surface area contributed by atoms with Crippen LogP contribution in [0.2, 0.25) is 0 Å². The zero-order chi connectivity index (χ0) is 19.1. The van der Waals surface area contributed by atoms with E-state index < -0.39 is 0 Å². The molecule has 0 aliphatic carbocycles. The highest BCUT2D eigenvalue weighted by molar-refractivity contribution is 5.94. The van der Waals surface area contributed by atoms with Gasteiger partial charge < -0.3 is 15.1 Å². The second-order valence-corrected chi connectivity index (χ2v) is 6.62. The van der Waals surface area contributed by atoms with Crippen LogP contribution in [0.1, 0.15) is 25.0 Å². The summed E-state index contributed by atoms with van der Waals surface area (Å²) >= 11 is 0. The molecule has 5 heteroatoms. The zero-order valence-corrected chi connectivity index (χ0v) is 15.9. The smallest absolute Gasteiger partial charge is 0.282 e. The minimum Gasteiger partial charge on any atom is -0.378 e. The third kappa shape index (κ3) is 4.84. The number of quaternary nitrogens is 1. The number of rotatable bonds is 7. The molecule has 1 unspecified atom stereocenters. The Labute approximate surface area is 155 Å². The summed E-state index contributed by atoms with van der Waals surface area (Å²) in [6.45, 7) is 5.62. The highest BCUT2D eigenvalue weighted by Crippen LogP contribution is 2.14. The van der Waals surface area contributed by atoms with Crippen LogP contribution in [0.25, 0.3) is 0 Å². The van der Waals surface area contributed by atoms with E-state index in [0.717, 1.165) is 18.8 Å². The molecule has 0 heterocycles. The lowest BCUT2D eigenvalue weighted by molar-refractivity contribution is -0.925. The zero-order valence-electron chi connectivity index (χ0n) is 15.9. The number of carbonyl (C=O) groups excluding carboxylic acids is 1. The van der Waals surface area contributed by atoms with Gasteiger partial charge in [-0.05, 0) is 38.1 Å². The summed E-state index contributed by atoms with van der Waals surface area (Å²) in [6.07, 6.45) is 0. The van der Waals surface area contributed by atoms with Gasteiger partial charge in [0, 0.05) is 25.3 Å². The molecule has 0 aromatic heterocycles. The molecule has 0 aliphatic rings. The molecular weight excluding hydrogens is 324 g/mol. The van der Waals surface area contributed by atoms with Gasteiger partial charge in [-0.3, -0.25) is 4.79 Å². The Morgan fingerprint density at radius 1 is 1.19 bits per heavy atom. The molecule has 2 rings (SSSR count). The molecule has 2 atom stereocenters. The lowest BCUT2D eigenvalue weighted by Gasteiger charge is -2.24. The topological polar surface area (TPSA) is 60.6 Å². The molecule has 0 spiro atoms. The van der Waals surface area contributed by atoms with Gasteiger partial charge in [0.2, 0.25) is 0 Å². The van der Waals surface area contributed by atoms with E-state index >= 15 is 0 Å². The summed E-state index contributed by atoms with van der Waals surface area (Å²) < 4.78 is 0. The van der Waals surface area contributed by atoms with Gasteiger partial charge >= 0.3 is 0 Å². The highest BCUT2D eigenvalue weighted by Gasteiger charge is 2.24. The molecule has 0 aliphatic heterocycles. The van der Waals surface area contributed by atoms with Crippen molar-refractivity contribution in [3.05, 3.63) is 59.7 Å². The standard InChI is InChI=1S/C21H26N4O/c1-5-25(15-17-10-12-19(13-11-17)24(3)4)16(2)21(26)23-20-9-7-6-8-18(20)14-22/h6-13,16H,5,15H2,1-4H3,(H,23,26)/p+1/t16-/m1/s1. The van der Waals surface area contributed by atoms with E-state index in [-0.39, 0.29) is 11.9 Å². The lowest BCUT2D eigenvalue weighted by Crippen LogP contribution is -3.15. The van der Waals surface area contributed by atoms with Gasteiger partial charge in [-0.2, -0.15) is 5.26 Å². The van der Waals surface area contributed by atoms with Crippen molar-refractivity contribution in [3.8, 4) is 6.07 Å². The van der Waals surface area contributed by atoms with Crippen LogP contribution >= 0.6 is 0 Å². The van der Waals surface area contributed by atoms with Gasteiger partial charge in [-0.25, -0.2) is 0 Å². The van der Waals surface area contributed by atoms with Crippen molar-refractivity contribution in [2.24, 2.45) is 0 Å². The Morgan fingerprint density at radius 3 is 2.42 bits per heavy atom. The molecular formula is C21H27N4O+. The molecule has 0 saturated heterocycles. The lowest BCUT2D eigenvalue weighted by atomic mass is 10.1. The fourth-order valence-electron chi connectivity index (χ4n) is 2.87. The monoisotopic (exact) mass is 351 g/mol. The van der Waals surface area contributed by atoms with Gasteiger partial charge in [0.05, 0.1) is 17.8 Å². The first-order chi connectivity index (χ1) is 12.5. The summed E-state index contributed by atoms with van der Waals surface area (Å²) in [5, 5.41) is 12.1. The average Bonchev–Trinajstić information content (AvgIpc) is 2.66. The van der Waals surface area contributed by atoms with Crippen molar-refractivity contribution >= 4 is 17.3 Å². The minimum atomic E-state index is -0.222. The average molecular weight is 351 g/mol. The predicted molar refractivity (Wildman–Crippen MR) is 105 cm³/mol. The fraction of sp³-hybridized carbons (Fsp3) is 0.333. The summed E-state index contributed by atoms with van der Waals surface area (Å²) in [4.78, 5) is 15.9. The number of benzene rings is 2. The van der Waals surface area contributed by atoms with Gasteiger partial charge in [0.25, 0.3) is 5.91 Å². The number of para-hydroxylation sites is 1. The third-order valence-corrected chi connectivity index (χ3v) is 4.65. The van der Waals surface area contributed by atoms with Crippen molar-refractivity contribution in [1.29, 1.82) is 5.26 Å². The molecule has 0 fully saturated rings. The van der Waals surface area contributed by atoms with E-state index in [1.54, 1.807) is 18.2 Å². The van der Waals surface area contributed by atoms with E-state index in [1.807, 2.05) is 27.1 Å². The number of carbonyl (C=O) groups is 1. The van der Waals surface area contributed by atoms with Gasteiger partial charge in [-0.15, -0.1) is 0 Å². The Morgan fingerprint density at radius 2 is 1.85 bits per heavy atom. The van der Waals surface area contributed by atoms with Crippen molar-refractivity contribution in [1.82, 2.24) is 0 Å². The molecule has 2 N–H and O–H groups in total. The van der Waals surface area contributed by atoms with Gasteiger partial charge in [0.1, 0.15) is 12.6 Å². The number of nitriles is 1. The summed E-state index contributed by atoms with van der Waals surface area (Å²) in [7, 11) is 4.04. The van der Waals surface area contributed by atoms with Crippen LogP contribution in [-0.4, -0.2) is 32.6 Å². The van der Waals surface area contributed by atoms with E-state index in [9.17, 15) is 10.1 Å². The molecule has 136 valence electrons. The molecule has 2 aromatic carbocycles. The maximum atomic E-state index is 12.7. The van der Waals surface area contributed by atoms with Crippen molar-refractivity contribution < 1.29 is 9.69 Å². The first-order valence-electron chi connectivity index (χ1n) is 8.87. The van der Waals surface area contributed by atoms with E-state index in [0.29, 0.717) is 11.3 Å². The van der Waals surface area contributed by atoms with Crippen LogP contribution in [-0.2, 0) is 11.3 Å². The summed E-state index contributed by atoms with van der Waals surface area (Å²) in [5.74, 6) is -0.0746. The number of nitrogens with zero attached hydrogens (tertiary/aromatic N) is 2. The van der Waals surface area contributed by atoms with Crippen LogP contribution < -0.4 is 15.1 Å². The van der Waals surface area contributed by atoms with E-state index in [2.05, 4.69) is 47.5 Å². The highest BCUT2D eigenvalue weighted by atomic mass is 16.2. The van der Waals surface area contributed by atoms with E-state index in [4.69, 9.17) is 0 Å². The molecule has 0 saturated carbocycles. The maximum Gasteiger partial charge on any atom is 0.282 e. The predicted octanol–water partition coefficient (Wildman–Crippen LogP) is 2.06. The van der Waals surface area contributed by atoms with Crippen LogP contribution in [0.3, 0.4) is 0 Å². The molecule has 0 radical (unpaired) electrons. The third-order valence-electron chi connectivity index (χ3n) is 4.65. The minimum absolute atomic E-state index is 0.0746. The molecule has 5 nitrogen and oxygen atoms in total. The first kappa shape index (κ1) is 19.5. The largest absolute Gasteiger partial charge is 0.378 e. The van der Waals surface area contributed by atoms with Crippen molar-refractivity contribution in [2.75, 3.05) is 30.9 Å². The quantitative estimate of drug-likeness (QED) is 0.803. The van der Waals surface area contributed by atoms with Crippen LogP contribution in [0.4, 0.5) is 11.4 Å². The Bertz CT molecular complexity index is 777. The molecule has 0 bridgehead atoms. The maximum absolute atomic E-state index is 12.7. The fourth-order valence-corrected chi connectivity index (χ4v) is 2.87. The summed E-state index contributed by atoms with van der Waals surface area (Å²) in [6, 6.07) is 17.4. The Balaban J connectivity index is 2.06. The number of hydrogen-bond acceptors (Lipinski definition) is 3. The van der Waals surface area contributed by atoms with Crippen LogP contribution in [0.5, 0.6) is 0 Å². The van der Waals surface area contributed by atoms with E-state index in [1.165, 1.54) is 10.5 Å². The number of nitrogens with one attached hydrogen (secondary N) is 2. The van der Waals surface area contributed by atoms with Gasteiger partial charge in [0.15, 0.2) is 6.04 Å². The Kier molecular flexibility index (Phi) is 6.76. The molecule has 1 amide bonds. The van der Waals surface area contributed by atoms with Crippen LogP contribution in [0, 0.1) is 11.3 Å². The number of likely N-dealkylation sites (N-methyl/N-ethyl adjacent to an activating group) is 1. The first-order valence-corrected chi connectivity index (χ1v) is 8.87. The van der Waals surface area contributed by atoms with Crippen molar-refractivity contribution in [2.45, 2.75) is 26.4 Å². The van der Waals surface area contributed by atoms with Gasteiger partial charge in [-0.1, -0.05) is 24.3 Å². The summed E-state index contributed by atoms with van der Waals surface area (Å²) in [5.41, 5.74) is 3.40. The molecule has 2 aromatic rings. The normalized spacial score (nSPS) is 12.7. The molecule has 26 heavy (non-hydrogen) atoms. The number of amides is 1. The van der Waals surface area contributed by atoms with Crippen molar-refractivity contribution in [3.63, 3.8) is 0 Å². The second-order valence-electron chi connectivity index (χ2n) is 6.62. The second kappa shape index (κ2) is 9.02.